The van der Waals surface area contributed by atoms with Gasteiger partial charge in [-0.25, -0.2) is 14.6 Å². The summed E-state index contributed by atoms with van der Waals surface area (Å²) in [5.41, 5.74) is 0.511. The number of fused-ring (bicyclic) bond motifs is 1. The van der Waals surface area contributed by atoms with Crippen molar-refractivity contribution in [1.82, 2.24) is 19.7 Å². The van der Waals surface area contributed by atoms with Crippen LogP contribution in [0.5, 0.6) is 5.95 Å². The quantitative estimate of drug-likeness (QED) is 0.748. The minimum absolute atomic E-state index is 0.00859. The van der Waals surface area contributed by atoms with Crippen LogP contribution in [0.3, 0.4) is 0 Å². The highest BCUT2D eigenvalue weighted by Crippen LogP contribution is 2.27. The third kappa shape index (κ3) is 3.35. The lowest BCUT2D eigenvalue weighted by molar-refractivity contribution is -0.117. The van der Waals surface area contributed by atoms with Crippen LogP contribution in [-0.2, 0) is 11.3 Å². The van der Waals surface area contributed by atoms with E-state index in [0.717, 1.165) is 4.68 Å². The summed E-state index contributed by atoms with van der Waals surface area (Å²) in [6.07, 6.45) is 3.02. The Labute approximate surface area is 142 Å². The van der Waals surface area contributed by atoms with Crippen LogP contribution in [0.4, 0.5) is 5.95 Å². The number of ether oxygens (including phenoxy) is 1. The first-order chi connectivity index (χ1) is 12.0. The van der Waals surface area contributed by atoms with E-state index < -0.39 is 11.5 Å². The molecule has 0 saturated heterocycles. The van der Waals surface area contributed by atoms with Crippen LogP contribution in [0, 0.1) is 0 Å². The number of rotatable bonds is 5. The average molecular weight is 343 g/mol. The zero-order chi connectivity index (χ0) is 18.0. The molecular weight excluding hydrogens is 326 g/mol. The first kappa shape index (κ1) is 16.6. The zero-order valence-electron chi connectivity index (χ0n) is 14.0. The maximum atomic E-state index is 12.6. The van der Waals surface area contributed by atoms with Crippen molar-refractivity contribution in [3.05, 3.63) is 40.6 Å². The van der Waals surface area contributed by atoms with Crippen LogP contribution < -0.4 is 15.6 Å². The lowest BCUT2D eigenvalue weighted by atomic mass is 10.1. The predicted octanol–water partition coefficient (Wildman–Crippen LogP) is 1.55. The number of methoxy groups -OCH3 is 1. The van der Waals surface area contributed by atoms with Gasteiger partial charge in [0, 0.05) is 24.4 Å². The van der Waals surface area contributed by atoms with Crippen molar-refractivity contribution in [2.24, 2.45) is 0 Å². The summed E-state index contributed by atoms with van der Waals surface area (Å²) in [5, 5.41) is 7.12. The minimum Gasteiger partial charge on any atom is -0.468 e. The SMILES string of the molecule is COc1cc2c(=O)n(CC(=O)Nc3ncccn3)nc(C(C)C)c2o1. The number of furan rings is 1. The molecule has 9 heteroatoms. The van der Waals surface area contributed by atoms with Crippen LogP contribution in [-0.4, -0.2) is 32.8 Å². The lowest BCUT2D eigenvalue weighted by Crippen LogP contribution is -2.31. The number of nitrogens with zero attached hydrogens (tertiary/aromatic N) is 4. The van der Waals surface area contributed by atoms with E-state index in [1.54, 1.807) is 6.07 Å². The molecule has 0 aliphatic heterocycles. The van der Waals surface area contributed by atoms with Gasteiger partial charge in [-0.1, -0.05) is 13.8 Å². The Hall–Kier alpha value is -3.23. The van der Waals surface area contributed by atoms with Gasteiger partial charge in [0.15, 0.2) is 5.58 Å². The van der Waals surface area contributed by atoms with Gasteiger partial charge in [-0.2, -0.15) is 5.10 Å². The fourth-order valence-electron chi connectivity index (χ4n) is 2.33. The van der Waals surface area contributed by atoms with Crippen molar-refractivity contribution in [3.8, 4) is 5.95 Å². The van der Waals surface area contributed by atoms with Crippen molar-refractivity contribution in [1.29, 1.82) is 0 Å². The number of hydrogen-bond acceptors (Lipinski definition) is 7. The van der Waals surface area contributed by atoms with Crippen molar-refractivity contribution >= 4 is 22.8 Å². The van der Waals surface area contributed by atoms with E-state index in [-0.39, 0.29) is 24.4 Å². The van der Waals surface area contributed by atoms with Crippen molar-refractivity contribution in [2.45, 2.75) is 26.3 Å². The molecule has 0 spiro atoms. The van der Waals surface area contributed by atoms with E-state index in [9.17, 15) is 9.59 Å². The molecule has 0 radical (unpaired) electrons. The van der Waals surface area contributed by atoms with Gasteiger partial charge in [-0.3, -0.25) is 14.9 Å². The second-order valence-corrected chi connectivity index (χ2v) is 5.64. The largest absolute Gasteiger partial charge is 0.468 e. The first-order valence-corrected chi connectivity index (χ1v) is 7.65. The van der Waals surface area contributed by atoms with Gasteiger partial charge in [-0.05, 0) is 6.07 Å². The number of hydrogen-bond donors (Lipinski definition) is 1. The molecule has 3 aromatic rings. The summed E-state index contributed by atoms with van der Waals surface area (Å²) in [7, 11) is 1.45. The van der Waals surface area contributed by atoms with Gasteiger partial charge in [0.2, 0.25) is 11.9 Å². The molecule has 0 aliphatic carbocycles. The Morgan fingerprint density at radius 2 is 2.08 bits per heavy atom. The lowest BCUT2D eigenvalue weighted by Gasteiger charge is -2.10. The van der Waals surface area contributed by atoms with Gasteiger partial charge < -0.3 is 9.15 Å². The normalized spacial score (nSPS) is 11.0. The Morgan fingerprint density at radius 1 is 1.36 bits per heavy atom. The Bertz CT molecular complexity index is 962. The predicted molar refractivity (Wildman–Crippen MR) is 89.6 cm³/mol. The maximum Gasteiger partial charge on any atom is 0.285 e. The molecule has 3 aromatic heterocycles. The Balaban J connectivity index is 1.97. The third-order valence-corrected chi connectivity index (χ3v) is 3.49. The second-order valence-electron chi connectivity index (χ2n) is 5.64. The number of nitrogens with one attached hydrogen (secondary N) is 1. The summed E-state index contributed by atoms with van der Waals surface area (Å²) in [6, 6.07) is 3.14. The highest BCUT2D eigenvalue weighted by Gasteiger charge is 2.20. The number of anilines is 1. The topological polar surface area (TPSA) is 112 Å². The average Bonchev–Trinajstić information content (AvgIpc) is 3.02. The molecule has 0 saturated carbocycles. The number of amides is 1. The Kier molecular flexibility index (Phi) is 4.46. The van der Waals surface area contributed by atoms with E-state index in [1.165, 1.54) is 25.6 Å². The molecule has 25 heavy (non-hydrogen) atoms. The second kappa shape index (κ2) is 6.71. The molecule has 9 nitrogen and oxygen atoms in total. The van der Waals surface area contributed by atoms with Crippen molar-refractivity contribution in [2.75, 3.05) is 12.4 Å². The van der Waals surface area contributed by atoms with Crippen LogP contribution in [0.25, 0.3) is 11.0 Å². The minimum atomic E-state index is -0.453. The molecule has 0 unspecified atom stereocenters. The molecule has 0 aliphatic rings. The standard InChI is InChI=1S/C16H17N5O4/c1-9(2)13-14-10(7-12(24-3)25-14)15(23)21(20-13)8-11(22)19-16-17-5-4-6-18-16/h4-7,9H,8H2,1-3H3,(H,17,18,19,22). The maximum absolute atomic E-state index is 12.6. The molecule has 1 amide bonds. The van der Waals surface area contributed by atoms with E-state index in [2.05, 4.69) is 20.4 Å². The number of carbonyl (C=O) groups is 1. The van der Waals surface area contributed by atoms with Gasteiger partial charge in [-0.15, -0.1) is 0 Å². The van der Waals surface area contributed by atoms with Crippen LogP contribution in [0.2, 0.25) is 0 Å². The number of carbonyl (C=O) groups excluding carboxylic acids is 1. The summed E-state index contributed by atoms with van der Waals surface area (Å²) in [4.78, 5) is 32.6. The van der Waals surface area contributed by atoms with Gasteiger partial charge in [0.05, 0.1) is 12.5 Å². The van der Waals surface area contributed by atoms with Gasteiger partial charge >= 0.3 is 0 Å². The molecule has 3 heterocycles. The van der Waals surface area contributed by atoms with Crippen LogP contribution >= 0.6 is 0 Å². The third-order valence-electron chi connectivity index (χ3n) is 3.49. The molecule has 1 N–H and O–H groups in total. The molecule has 0 fully saturated rings. The van der Waals surface area contributed by atoms with E-state index >= 15 is 0 Å². The molecular formula is C16H17N5O4. The summed E-state index contributed by atoms with van der Waals surface area (Å²) in [5.74, 6) is -0.0811. The zero-order valence-corrected chi connectivity index (χ0v) is 14.0. The molecule has 0 atom stereocenters. The fourth-order valence-corrected chi connectivity index (χ4v) is 2.33. The van der Waals surface area contributed by atoms with E-state index in [0.29, 0.717) is 16.7 Å². The summed E-state index contributed by atoms with van der Waals surface area (Å²) in [6.45, 7) is 3.58. The molecule has 3 rings (SSSR count). The molecule has 130 valence electrons. The van der Waals surface area contributed by atoms with Gasteiger partial charge in [0.1, 0.15) is 12.2 Å². The highest BCUT2D eigenvalue weighted by molar-refractivity contribution is 5.89. The summed E-state index contributed by atoms with van der Waals surface area (Å²) < 4.78 is 11.7. The van der Waals surface area contributed by atoms with Crippen molar-refractivity contribution < 1.29 is 13.9 Å². The summed E-state index contributed by atoms with van der Waals surface area (Å²) >= 11 is 0. The van der Waals surface area contributed by atoms with Crippen molar-refractivity contribution in [3.63, 3.8) is 0 Å². The van der Waals surface area contributed by atoms with E-state index in [1.807, 2.05) is 13.8 Å². The fraction of sp³-hybridized carbons (Fsp3) is 0.312. The smallest absolute Gasteiger partial charge is 0.285 e. The molecule has 0 aromatic carbocycles. The van der Waals surface area contributed by atoms with E-state index in [4.69, 9.17) is 9.15 Å². The highest BCUT2D eigenvalue weighted by atomic mass is 16.6. The first-order valence-electron chi connectivity index (χ1n) is 7.65. The van der Waals surface area contributed by atoms with Gasteiger partial charge in [0.25, 0.3) is 11.5 Å². The van der Waals surface area contributed by atoms with Crippen LogP contribution in [0.1, 0.15) is 25.5 Å². The number of aromatic nitrogens is 4. The van der Waals surface area contributed by atoms with Crippen LogP contribution in [0.15, 0.2) is 33.7 Å². The monoisotopic (exact) mass is 343 g/mol. The molecule has 0 bridgehead atoms. The Morgan fingerprint density at radius 3 is 2.72 bits per heavy atom.